The molecule has 72 valence electrons. The van der Waals surface area contributed by atoms with Crippen molar-refractivity contribution in [2.24, 2.45) is 16.7 Å². The summed E-state index contributed by atoms with van der Waals surface area (Å²) < 4.78 is 0. The van der Waals surface area contributed by atoms with Crippen LogP contribution in [0.1, 0.15) is 25.8 Å². The zero-order valence-corrected chi connectivity index (χ0v) is 8.20. The van der Waals surface area contributed by atoms with Gasteiger partial charge in [0.15, 0.2) is 0 Å². The Labute approximate surface area is 79.4 Å². The third-order valence-corrected chi connectivity index (χ3v) is 1.21. The molecule has 0 saturated carbocycles. The maximum absolute atomic E-state index is 5.42. The summed E-state index contributed by atoms with van der Waals surface area (Å²) in [5, 5.41) is 3.35. The Kier molecular flexibility index (Phi) is 6.32. The van der Waals surface area contributed by atoms with E-state index in [1.807, 2.05) is 30.3 Å². The first-order valence-electron chi connectivity index (χ1n) is 4.35. The van der Waals surface area contributed by atoms with E-state index < -0.39 is 0 Å². The van der Waals surface area contributed by atoms with Crippen LogP contribution in [0, 0.1) is 0 Å². The number of nitrogens with two attached hydrogens (primary N) is 2. The first kappa shape index (κ1) is 11.5. The van der Waals surface area contributed by atoms with Gasteiger partial charge in [0.1, 0.15) is 5.84 Å². The van der Waals surface area contributed by atoms with E-state index in [-0.39, 0.29) is 0 Å². The molecule has 4 N–H and O–H groups in total. The summed E-state index contributed by atoms with van der Waals surface area (Å²) in [6.07, 6.45) is 1.25. The first-order chi connectivity index (χ1) is 6.26. The Hall–Kier alpha value is -1.51. The Balaban J connectivity index is 0.000000424. The summed E-state index contributed by atoms with van der Waals surface area (Å²) in [6, 6.07) is 9.38. The van der Waals surface area contributed by atoms with E-state index in [9.17, 15) is 0 Å². The van der Waals surface area contributed by atoms with Gasteiger partial charge in [-0.1, -0.05) is 50.6 Å². The second kappa shape index (κ2) is 7.16. The maximum Gasteiger partial charge on any atom is 0.150 e. The van der Waals surface area contributed by atoms with E-state index in [1.54, 1.807) is 0 Å². The molecule has 1 rings (SSSR count). The van der Waals surface area contributed by atoms with Crippen molar-refractivity contribution >= 4 is 5.84 Å². The van der Waals surface area contributed by atoms with E-state index in [1.165, 1.54) is 6.42 Å². The van der Waals surface area contributed by atoms with Crippen LogP contribution in [0.4, 0.5) is 0 Å². The minimum atomic E-state index is 0.362. The van der Waals surface area contributed by atoms with Crippen molar-refractivity contribution in [3.63, 3.8) is 0 Å². The second-order valence-corrected chi connectivity index (χ2v) is 2.59. The summed E-state index contributed by atoms with van der Waals surface area (Å²) in [6.45, 7) is 4.25. The zero-order valence-electron chi connectivity index (χ0n) is 8.20. The molecule has 0 heterocycles. The largest absolute Gasteiger partial charge is 0.382 e. The Morgan fingerprint density at radius 3 is 2.08 bits per heavy atom. The topological polar surface area (TPSA) is 64.4 Å². The SMILES string of the molecule is CCC.N/N=C(\N)c1ccccc1. The number of amidine groups is 1. The standard InChI is InChI=1S/C7H9N3.C3H8/c8-7(10-9)6-4-2-1-3-5-6;1-3-2/h1-5H,9H2,(H2,8,10);3H2,1-2H3. The minimum absolute atomic E-state index is 0.362. The molecular weight excluding hydrogens is 162 g/mol. The van der Waals surface area contributed by atoms with Gasteiger partial charge < -0.3 is 11.6 Å². The average Bonchev–Trinajstić information content (AvgIpc) is 2.19. The molecular formula is C10H17N3. The monoisotopic (exact) mass is 179 g/mol. The molecule has 0 aromatic heterocycles. The lowest BCUT2D eigenvalue weighted by atomic mass is 10.2. The third kappa shape index (κ3) is 4.85. The van der Waals surface area contributed by atoms with Crippen LogP contribution in [0.3, 0.4) is 0 Å². The van der Waals surface area contributed by atoms with Gasteiger partial charge in [0.25, 0.3) is 0 Å². The molecule has 0 unspecified atom stereocenters. The molecule has 0 aliphatic carbocycles. The van der Waals surface area contributed by atoms with Crippen LogP contribution < -0.4 is 11.6 Å². The molecule has 1 aromatic carbocycles. The molecule has 0 radical (unpaired) electrons. The summed E-state index contributed by atoms with van der Waals surface area (Å²) in [5.74, 6) is 5.33. The molecule has 0 fully saturated rings. The molecule has 3 heteroatoms. The van der Waals surface area contributed by atoms with Crippen LogP contribution in [0.25, 0.3) is 0 Å². The smallest absolute Gasteiger partial charge is 0.150 e. The molecule has 0 bridgehead atoms. The van der Waals surface area contributed by atoms with Crippen LogP contribution in [-0.2, 0) is 0 Å². The van der Waals surface area contributed by atoms with Gasteiger partial charge in [0, 0.05) is 5.56 Å². The number of hydrogen-bond donors (Lipinski definition) is 2. The number of benzene rings is 1. The number of nitrogens with zero attached hydrogens (tertiary/aromatic N) is 1. The molecule has 0 aliphatic rings. The normalized spacial score (nSPS) is 10.2. The lowest BCUT2D eigenvalue weighted by Gasteiger charge is -1.95. The summed E-state index contributed by atoms with van der Waals surface area (Å²) in [5.41, 5.74) is 6.27. The third-order valence-electron chi connectivity index (χ3n) is 1.21. The first-order valence-corrected chi connectivity index (χ1v) is 4.35. The highest BCUT2D eigenvalue weighted by atomic mass is 15.1. The highest BCUT2D eigenvalue weighted by molar-refractivity contribution is 5.97. The Morgan fingerprint density at radius 2 is 1.69 bits per heavy atom. The van der Waals surface area contributed by atoms with E-state index in [0.29, 0.717) is 5.84 Å². The van der Waals surface area contributed by atoms with Gasteiger partial charge in [0.2, 0.25) is 0 Å². The van der Waals surface area contributed by atoms with Gasteiger partial charge in [0.05, 0.1) is 0 Å². The van der Waals surface area contributed by atoms with Crippen LogP contribution in [0.5, 0.6) is 0 Å². The van der Waals surface area contributed by atoms with Crippen LogP contribution in [0.15, 0.2) is 35.4 Å². The molecule has 0 aliphatic heterocycles. The molecule has 0 amide bonds. The van der Waals surface area contributed by atoms with E-state index in [2.05, 4.69) is 18.9 Å². The molecule has 13 heavy (non-hydrogen) atoms. The van der Waals surface area contributed by atoms with Crippen molar-refractivity contribution in [3.8, 4) is 0 Å². The molecule has 0 spiro atoms. The average molecular weight is 179 g/mol. The van der Waals surface area contributed by atoms with Gasteiger partial charge in [-0.2, -0.15) is 5.10 Å². The highest BCUT2D eigenvalue weighted by Gasteiger charge is 1.92. The van der Waals surface area contributed by atoms with E-state index in [4.69, 9.17) is 11.6 Å². The van der Waals surface area contributed by atoms with Crippen LogP contribution in [-0.4, -0.2) is 5.84 Å². The van der Waals surface area contributed by atoms with Gasteiger partial charge in [-0.25, -0.2) is 0 Å². The Morgan fingerprint density at radius 1 is 1.23 bits per heavy atom. The van der Waals surface area contributed by atoms with Crippen molar-refractivity contribution in [3.05, 3.63) is 35.9 Å². The van der Waals surface area contributed by atoms with E-state index >= 15 is 0 Å². The predicted molar refractivity (Wildman–Crippen MR) is 57.3 cm³/mol. The lowest BCUT2D eigenvalue weighted by molar-refractivity contribution is 1.09. The summed E-state index contributed by atoms with van der Waals surface area (Å²) >= 11 is 0. The number of hydrazone groups is 1. The van der Waals surface area contributed by atoms with Crippen LogP contribution in [0.2, 0.25) is 0 Å². The minimum Gasteiger partial charge on any atom is -0.382 e. The Bertz CT molecular complexity index is 242. The van der Waals surface area contributed by atoms with Crippen molar-refractivity contribution in [2.45, 2.75) is 20.3 Å². The lowest BCUT2D eigenvalue weighted by Crippen LogP contribution is -2.14. The van der Waals surface area contributed by atoms with Gasteiger partial charge in [-0.05, 0) is 0 Å². The maximum atomic E-state index is 5.42. The predicted octanol–water partition coefficient (Wildman–Crippen LogP) is 1.68. The van der Waals surface area contributed by atoms with Gasteiger partial charge >= 0.3 is 0 Å². The second-order valence-electron chi connectivity index (χ2n) is 2.59. The van der Waals surface area contributed by atoms with Crippen molar-refractivity contribution in [1.82, 2.24) is 0 Å². The van der Waals surface area contributed by atoms with Crippen molar-refractivity contribution < 1.29 is 0 Å². The quantitative estimate of drug-likeness (QED) is 0.298. The van der Waals surface area contributed by atoms with Crippen LogP contribution >= 0.6 is 0 Å². The zero-order chi connectivity index (χ0) is 10.1. The fourth-order valence-corrected chi connectivity index (χ4v) is 0.683. The summed E-state index contributed by atoms with van der Waals surface area (Å²) in [4.78, 5) is 0. The fraction of sp³-hybridized carbons (Fsp3) is 0.300. The molecule has 0 atom stereocenters. The molecule has 1 aromatic rings. The number of hydrogen-bond acceptors (Lipinski definition) is 2. The highest BCUT2D eigenvalue weighted by Crippen LogP contribution is 1.95. The molecule has 3 nitrogen and oxygen atoms in total. The number of rotatable bonds is 1. The van der Waals surface area contributed by atoms with Crippen molar-refractivity contribution in [1.29, 1.82) is 0 Å². The van der Waals surface area contributed by atoms with Gasteiger partial charge in [-0.3, -0.25) is 0 Å². The van der Waals surface area contributed by atoms with Crippen molar-refractivity contribution in [2.75, 3.05) is 0 Å². The summed E-state index contributed by atoms with van der Waals surface area (Å²) in [7, 11) is 0. The van der Waals surface area contributed by atoms with E-state index in [0.717, 1.165) is 5.56 Å². The molecule has 0 saturated heterocycles. The fourth-order valence-electron chi connectivity index (χ4n) is 0.683. The van der Waals surface area contributed by atoms with Gasteiger partial charge in [-0.15, -0.1) is 0 Å².